The number of para-hydroxylation sites is 2. The average molecular weight is 342 g/mol. The predicted molar refractivity (Wildman–Crippen MR) is 97.3 cm³/mol. The van der Waals surface area contributed by atoms with Crippen LogP contribution in [0.15, 0.2) is 41.5 Å². The number of benzene rings is 1. The van der Waals surface area contributed by atoms with E-state index in [1.54, 1.807) is 12.3 Å². The fourth-order valence-corrected chi connectivity index (χ4v) is 3.13. The van der Waals surface area contributed by atoms with Crippen LogP contribution in [-0.2, 0) is 0 Å². The Bertz CT molecular complexity index is 945. The first-order valence-corrected chi connectivity index (χ1v) is 8.54. The molecule has 0 bridgehead atoms. The molecule has 6 nitrogen and oxygen atoms in total. The number of aryl methyl sites for hydroxylation is 1. The number of hydrogen-bond acceptors (Lipinski definition) is 5. The van der Waals surface area contributed by atoms with Gasteiger partial charge in [0, 0.05) is 23.8 Å². The van der Waals surface area contributed by atoms with Crippen molar-refractivity contribution >= 4 is 33.6 Å². The Morgan fingerprint density at radius 3 is 2.79 bits per heavy atom. The topological polar surface area (TPSA) is 75.5 Å². The van der Waals surface area contributed by atoms with E-state index in [-0.39, 0.29) is 11.1 Å². The normalized spacial score (nSPS) is 10.8. The fourth-order valence-electron chi connectivity index (χ4n) is 2.35. The predicted octanol–water partition coefficient (Wildman–Crippen LogP) is 3.14. The summed E-state index contributed by atoms with van der Waals surface area (Å²) in [5, 5.41) is 6.05. The van der Waals surface area contributed by atoms with Crippen molar-refractivity contribution < 1.29 is 4.79 Å². The summed E-state index contributed by atoms with van der Waals surface area (Å²) in [6, 6.07) is 7.42. The molecule has 0 atom stereocenters. The van der Waals surface area contributed by atoms with Crippen LogP contribution in [0.2, 0.25) is 0 Å². The zero-order valence-electron chi connectivity index (χ0n) is 13.5. The number of anilines is 2. The zero-order chi connectivity index (χ0) is 17.1. The summed E-state index contributed by atoms with van der Waals surface area (Å²) in [6.45, 7) is 4.77. The summed E-state index contributed by atoms with van der Waals surface area (Å²) >= 11 is 1.41. The smallest absolute Gasteiger partial charge is 0.271 e. The molecule has 0 saturated heterocycles. The van der Waals surface area contributed by atoms with E-state index in [2.05, 4.69) is 22.5 Å². The van der Waals surface area contributed by atoms with Gasteiger partial charge in [0.25, 0.3) is 11.5 Å². The van der Waals surface area contributed by atoms with Crippen molar-refractivity contribution in [3.05, 3.63) is 57.5 Å². The number of hydrogen-bond donors (Lipinski definition) is 2. The van der Waals surface area contributed by atoms with Gasteiger partial charge in [-0.05, 0) is 25.5 Å². The van der Waals surface area contributed by atoms with E-state index >= 15 is 0 Å². The number of amides is 1. The number of aromatic nitrogens is 2. The number of fused-ring (bicyclic) bond motifs is 1. The second kappa shape index (κ2) is 6.84. The summed E-state index contributed by atoms with van der Waals surface area (Å²) in [5.74, 6) is -0.462. The van der Waals surface area contributed by atoms with Gasteiger partial charge in [0.15, 0.2) is 4.96 Å². The van der Waals surface area contributed by atoms with Crippen LogP contribution in [0.25, 0.3) is 4.96 Å². The standard InChI is InChI=1S/C17H18N4O2S/c1-3-8-18-13-6-4-5-7-14(13)20-15(22)12-9-19-17-21(16(12)23)10-11(2)24-17/h4-7,9-10,18H,3,8H2,1-2H3,(H,20,22). The summed E-state index contributed by atoms with van der Waals surface area (Å²) in [5.41, 5.74) is 1.13. The van der Waals surface area contributed by atoms with Crippen LogP contribution in [0.5, 0.6) is 0 Å². The third kappa shape index (κ3) is 3.16. The molecular formula is C17H18N4O2S. The maximum absolute atomic E-state index is 12.5. The highest BCUT2D eigenvalue weighted by atomic mass is 32.1. The van der Waals surface area contributed by atoms with E-state index in [0.29, 0.717) is 10.6 Å². The minimum atomic E-state index is -0.462. The van der Waals surface area contributed by atoms with Gasteiger partial charge in [0.2, 0.25) is 0 Å². The Morgan fingerprint density at radius 2 is 2.04 bits per heavy atom. The highest BCUT2D eigenvalue weighted by molar-refractivity contribution is 7.16. The van der Waals surface area contributed by atoms with Crippen LogP contribution in [0.1, 0.15) is 28.6 Å². The van der Waals surface area contributed by atoms with Crippen LogP contribution in [0.3, 0.4) is 0 Å². The molecule has 0 radical (unpaired) electrons. The van der Waals surface area contributed by atoms with Gasteiger partial charge in [0.1, 0.15) is 5.56 Å². The lowest BCUT2D eigenvalue weighted by molar-refractivity contribution is 0.102. The first-order chi connectivity index (χ1) is 11.6. The highest BCUT2D eigenvalue weighted by Gasteiger charge is 2.15. The minimum Gasteiger partial charge on any atom is -0.383 e. The quantitative estimate of drug-likeness (QED) is 0.747. The van der Waals surface area contributed by atoms with E-state index in [0.717, 1.165) is 23.5 Å². The molecule has 0 aliphatic rings. The molecule has 3 rings (SSSR count). The van der Waals surface area contributed by atoms with Crippen molar-refractivity contribution in [1.82, 2.24) is 9.38 Å². The van der Waals surface area contributed by atoms with Gasteiger partial charge in [-0.3, -0.25) is 14.0 Å². The lowest BCUT2D eigenvalue weighted by atomic mass is 10.2. The molecule has 2 N–H and O–H groups in total. The van der Waals surface area contributed by atoms with Crippen molar-refractivity contribution in [1.29, 1.82) is 0 Å². The van der Waals surface area contributed by atoms with E-state index in [4.69, 9.17) is 0 Å². The molecule has 0 aliphatic heterocycles. The molecule has 0 unspecified atom stereocenters. The number of carbonyl (C=O) groups is 1. The molecule has 0 saturated carbocycles. The summed E-state index contributed by atoms with van der Waals surface area (Å²) in [7, 11) is 0. The molecule has 0 spiro atoms. The molecule has 2 heterocycles. The number of carbonyl (C=O) groups excluding carboxylic acids is 1. The van der Waals surface area contributed by atoms with Crippen molar-refractivity contribution in [3.63, 3.8) is 0 Å². The second-order valence-electron chi connectivity index (χ2n) is 5.40. The van der Waals surface area contributed by atoms with Crippen molar-refractivity contribution in [2.24, 2.45) is 0 Å². The highest BCUT2D eigenvalue weighted by Crippen LogP contribution is 2.21. The van der Waals surface area contributed by atoms with Gasteiger partial charge in [-0.15, -0.1) is 11.3 Å². The van der Waals surface area contributed by atoms with E-state index in [1.165, 1.54) is 21.9 Å². The molecule has 1 aromatic carbocycles. The average Bonchev–Trinajstić information content (AvgIpc) is 2.95. The third-order valence-electron chi connectivity index (χ3n) is 3.51. The Hall–Kier alpha value is -2.67. The number of rotatable bonds is 5. The van der Waals surface area contributed by atoms with Crippen LogP contribution >= 0.6 is 11.3 Å². The maximum atomic E-state index is 12.5. The second-order valence-corrected chi connectivity index (χ2v) is 6.61. The van der Waals surface area contributed by atoms with Crippen molar-refractivity contribution in [3.8, 4) is 0 Å². The SMILES string of the molecule is CCCNc1ccccc1NC(=O)c1cnc2sc(C)cn2c1=O. The van der Waals surface area contributed by atoms with Gasteiger partial charge < -0.3 is 10.6 Å². The van der Waals surface area contributed by atoms with E-state index in [1.807, 2.05) is 25.1 Å². The largest absolute Gasteiger partial charge is 0.383 e. The lowest BCUT2D eigenvalue weighted by Crippen LogP contribution is -2.26. The first-order valence-electron chi connectivity index (χ1n) is 7.72. The number of nitrogens with one attached hydrogen (secondary N) is 2. The summed E-state index contributed by atoms with van der Waals surface area (Å²) < 4.78 is 1.41. The van der Waals surface area contributed by atoms with Crippen LogP contribution in [0, 0.1) is 6.92 Å². The van der Waals surface area contributed by atoms with Gasteiger partial charge in [0.05, 0.1) is 11.4 Å². The monoisotopic (exact) mass is 342 g/mol. The zero-order valence-corrected chi connectivity index (χ0v) is 14.3. The van der Waals surface area contributed by atoms with E-state index < -0.39 is 5.91 Å². The van der Waals surface area contributed by atoms with Gasteiger partial charge in [-0.25, -0.2) is 4.98 Å². The van der Waals surface area contributed by atoms with Crippen LogP contribution < -0.4 is 16.2 Å². The van der Waals surface area contributed by atoms with Gasteiger partial charge in [-0.1, -0.05) is 19.1 Å². The van der Waals surface area contributed by atoms with Gasteiger partial charge >= 0.3 is 0 Å². The number of nitrogens with zero attached hydrogens (tertiary/aromatic N) is 2. The Balaban J connectivity index is 1.91. The molecule has 2 aromatic heterocycles. The fraction of sp³-hybridized carbons (Fsp3) is 0.235. The van der Waals surface area contributed by atoms with Crippen LogP contribution in [0.4, 0.5) is 11.4 Å². The maximum Gasteiger partial charge on any atom is 0.271 e. The van der Waals surface area contributed by atoms with E-state index in [9.17, 15) is 9.59 Å². The van der Waals surface area contributed by atoms with Crippen LogP contribution in [-0.4, -0.2) is 21.8 Å². The molecular weight excluding hydrogens is 324 g/mol. The van der Waals surface area contributed by atoms with Gasteiger partial charge in [-0.2, -0.15) is 0 Å². The molecule has 0 aliphatic carbocycles. The summed E-state index contributed by atoms with van der Waals surface area (Å²) in [4.78, 5) is 30.8. The Labute approximate surface area is 143 Å². The Morgan fingerprint density at radius 1 is 1.29 bits per heavy atom. The first kappa shape index (κ1) is 16.2. The van der Waals surface area contributed by atoms with Crippen molar-refractivity contribution in [2.45, 2.75) is 20.3 Å². The molecule has 24 heavy (non-hydrogen) atoms. The van der Waals surface area contributed by atoms with Crippen molar-refractivity contribution in [2.75, 3.05) is 17.2 Å². The Kier molecular flexibility index (Phi) is 4.61. The molecule has 3 aromatic rings. The minimum absolute atomic E-state index is 0.0237. The third-order valence-corrected chi connectivity index (χ3v) is 4.42. The molecule has 7 heteroatoms. The molecule has 1 amide bonds. The number of thiazole rings is 1. The lowest BCUT2D eigenvalue weighted by Gasteiger charge is -2.12. The summed E-state index contributed by atoms with van der Waals surface area (Å²) in [6.07, 6.45) is 4.01. The molecule has 124 valence electrons. The molecule has 0 fully saturated rings.